The Bertz CT molecular complexity index is 384. The molecule has 2 fully saturated rings. The number of sulfonamides is 1. The quantitative estimate of drug-likeness (QED) is 0.837. The molecule has 0 aliphatic carbocycles. The Morgan fingerprint density at radius 2 is 2.00 bits per heavy atom. The zero-order chi connectivity index (χ0) is 13.4. The summed E-state index contributed by atoms with van der Waals surface area (Å²) in [5, 5.41) is 3.21. The van der Waals surface area contributed by atoms with Crippen LogP contribution >= 0.6 is 0 Å². The van der Waals surface area contributed by atoms with E-state index in [4.69, 9.17) is 0 Å². The Kier molecular flexibility index (Phi) is 3.89. The van der Waals surface area contributed by atoms with Gasteiger partial charge in [0.05, 0.1) is 5.75 Å². The highest BCUT2D eigenvalue weighted by Crippen LogP contribution is 2.28. The van der Waals surface area contributed by atoms with Gasteiger partial charge in [-0.1, -0.05) is 0 Å². The molecule has 2 aliphatic heterocycles. The Balaban J connectivity index is 1.84. The van der Waals surface area contributed by atoms with Crippen LogP contribution in [0, 0.1) is 5.92 Å². The summed E-state index contributed by atoms with van der Waals surface area (Å²) in [6.07, 6.45) is -4.73. The lowest BCUT2D eigenvalue weighted by molar-refractivity contribution is -0.134. The van der Waals surface area contributed by atoms with Gasteiger partial charge in [-0.05, 0) is 25.3 Å². The minimum Gasteiger partial charge on any atom is -0.312 e. The first-order chi connectivity index (χ1) is 8.28. The van der Waals surface area contributed by atoms with E-state index in [0.717, 1.165) is 13.0 Å². The number of fused-ring (bicyclic) bond motifs is 1. The number of rotatable bonds is 4. The van der Waals surface area contributed by atoms with Crippen molar-refractivity contribution < 1.29 is 21.6 Å². The molecule has 0 aromatic heterocycles. The highest BCUT2D eigenvalue weighted by Gasteiger charge is 2.40. The first-order valence-corrected chi connectivity index (χ1v) is 7.67. The lowest BCUT2D eigenvalue weighted by atomic mass is 10.1. The maximum absolute atomic E-state index is 12.0. The topological polar surface area (TPSA) is 49.4 Å². The van der Waals surface area contributed by atoms with Crippen molar-refractivity contribution in [3.63, 3.8) is 0 Å². The van der Waals surface area contributed by atoms with E-state index in [9.17, 15) is 21.6 Å². The van der Waals surface area contributed by atoms with Crippen molar-refractivity contribution in [2.24, 2.45) is 5.92 Å². The van der Waals surface area contributed by atoms with Crippen molar-refractivity contribution in [1.29, 1.82) is 0 Å². The van der Waals surface area contributed by atoms with E-state index in [1.807, 2.05) is 0 Å². The largest absolute Gasteiger partial charge is 0.389 e. The molecule has 4 nitrogen and oxygen atoms in total. The Morgan fingerprint density at radius 1 is 1.28 bits per heavy atom. The van der Waals surface area contributed by atoms with E-state index < -0.39 is 28.4 Å². The maximum Gasteiger partial charge on any atom is 0.389 e. The molecule has 106 valence electrons. The summed E-state index contributed by atoms with van der Waals surface area (Å²) in [7, 11) is -3.53. The Hall–Kier alpha value is -0.340. The molecule has 0 unspecified atom stereocenters. The van der Waals surface area contributed by atoms with E-state index in [0.29, 0.717) is 19.0 Å². The van der Waals surface area contributed by atoms with Gasteiger partial charge in [0.25, 0.3) is 0 Å². The standard InChI is InChI=1S/C10H17F3N2O2S/c11-10(12,13)3-1-5-18(16,17)15-6-8-2-4-14-9(8)7-15/h8-9,14H,1-7H2/t8-,9+/m0/s1. The molecule has 2 aliphatic rings. The molecule has 2 atom stereocenters. The predicted molar refractivity (Wildman–Crippen MR) is 60.5 cm³/mol. The molecule has 2 saturated heterocycles. The maximum atomic E-state index is 12.0. The van der Waals surface area contributed by atoms with E-state index >= 15 is 0 Å². The molecule has 0 radical (unpaired) electrons. The van der Waals surface area contributed by atoms with Crippen LogP contribution in [0.3, 0.4) is 0 Å². The molecule has 1 N–H and O–H groups in total. The summed E-state index contributed by atoms with van der Waals surface area (Å²) in [4.78, 5) is 0. The van der Waals surface area contributed by atoms with Crippen LogP contribution in [0.5, 0.6) is 0 Å². The average Bonchev–Trinajstić information content (AvgIpc) is 2.72. The molecule has 2 heterocycles. The van der Waals surface area contributed by atoms with Gasteiger partial charge in [-0.2, -0.15) is 13.2 Å². The van der Waals surface area contributed by atoms with Crippen molar-refractivity contribution >= 4 is 10.0 Å². The predicted octanol–water partition coefficient (Wildman–Crippen LogP) is 0.952. The second-order valence-corrected chi connectivity index (χ2v) is 7.05. The van der Waals surface area contributed by atoms with Crippen LogP contribution in [0.15, 0.2) is 0 Å². The van der Waals surface area contributed by atoms with Gasteiger partial charge in [0.1, 0.15) is 0 Å². The Morgan fingerprint density at radius 3 is 2.61 bits per heavy atom. The molecule has 18 heavy (non-hydrogen) atoms. The summed E-state index contributed by atoms with van der Waals surface area (Å²) in [6.45, 7) is 1.75. The van der Waals surface area contributed by atoms with Crippen molar-refractivity contribution in [2.45, 2.75) is 31.5 Å². The van der Waals surface area contributed by atoms with E-state index in [1.165, 1.54) is 4.31 Å². The molecule has 2 rings (SSSR count). The second-order valence-electron chi connectivity index (χ2n) is 4.96. The third kappa shape index (κ3) is 3.36. The van der Waals surface area contributed by atoms with Crippen LogP contribution < -0.4 is 5.32 Å². The Labute approximate surface area is 105 Å². The zero-order valence-corrected chi connectivity index (χ0v) is 10.7. The third-order valence-electron chi connectivity index (χ3n) is 3.59. The fraction of sp³-hybridized carbons (Fsp3) is 1.00. The molecular weight excluding hydrogens is 269 g/mol. The highest BCUT2D eigenvalue weighted by atomic mass is 32.2. The average molecular weight is 286 g/mol. The molecule has 0 saturated carbocycles. The van der Waals surface area contributed by atoms with E-state index in [2.05, 4.69) is 5.32 Å². The summed E-state index contributed by atoms with van der Waals surface area (Å²) in [6, 6.07) is 0.183. The smallest absolute Gasteiger partial charge is 0.312 e. The van der Waals surface area contributed by atoms with Crippen LogP contribution in [0.25, 0.3) is 0 Å². The van der Waals surface area contributed by atoms with Crippen LogP contribution in [0.4, 0.5) is 13.2 Å². The number of alkyl halides is 3. The molecular formula is C10H17F3N2O2S. The lowest BCUT2D eigenvalue weighted by Crippen LogP contribution is -2.35. The van der Waals surface area contributed by atoms with Crippen LogP contribution in [0.1, 0.15) is 19.3 Å². The first-order valence-electron chi connectivity index (χ1n) is 6.06. The SMILES string of the molecule is O=S(=O)(CCCC(F)(F)F)N1C[C@@H]2CCN[C@@H]2C1. The minimum absolute atomic E-state index is 0.183. The van der Waals surface area contributed by atoms with Crippen LogP contribution in [-0.4, -0.2) is 50.3 Å². The zero-order valence-electron chi connectivity index (χ0n) is 9.91. The molecule has 0 amide bonds. The van der Waals surface area contributed by atoms with Crippen molar-refractivity contribution in [3.05, 3.63) is 0 Å². The highest BCUT2D eigenvalue weighted by molar-refractivity contribution is 7.89. The fourth-order valence-electron chi connectivity index (χ4n) is 2.62. The number of hydrogen-bond acceptors (Lipinski definition) is 3. The molecule has 0 bridgehead atoms. The van der Waals surface area contributed by atoms with Crippen molar-refractivity contribution in [3.8, 4) is 0 Å². The van der Waals surface area contributed by atoms with Gasteiger partial charge in [-0.25, -0.2) is 12.7 Å². The fourth-order valence-corrected chi connectivity index (χ4v) is 4.19. The van der Waals surface area contributed by atoms with Crippen molar-refractivity contribution in [1.82, 2.24) is 9.62 Å². The molecule has 0 aromatic rings. The third-order valence-corrected chi connectivity index (χ3v) is 5.47. The van der Waals surface area contributed by atoms with Gasteiger partial charge in [-0.3, -0.25) is 0 Å². The normalized spacial score (nSPS) is 29.7. The monoisotopic (exact) mass is 286 g/mol. The number of hydrogen-bond donors (Lipinski definition) is 1. The van der Waals surface area contributed by atoms with E-state index in [1.54, 1.807) is 0 Å². The van der Waals surface area contributed by atoms with E-state index in [-0.39, 0.29) is 12.5 Å². The molecule has 0 aromatic carbocycles. The number of halogens is 3. The summed E-state index contributed by atoms with van der Waals surface area (Å²) < 4.78 is 61.0. The summed E-state index contributed by atoms with van der Waals surface area (Å²) in [5.41, 5.74) is 0. The first kappa shape index (κ1) is 14.1. The number of nitrogens with zero attached hydrogens (tertiary/aromatic N) is 1. The van der Waals surface area contributed by atoms with Gasteiger partial charge in [-0.15, -0.1) is 0 Å². The van der Waals surface area contributed by atoms with Crippen LogP contribution in [0.2, 0.25) is 0 Å². The molecule has 0 spiro atoms. The van der Waals surface area contributed by atoms with Gasteiger partial charge < -0.3 is 5.32 Å². The van der Waals surface area contributed by atoms with Crippen molar-refractivity contribution in [2.75, 3.05) is 25.4 Å². The number of nitrogens with one attached hydrogen (secondary N) is 1. The summed E-state index contributed by atoms with van der Waals surface area (Å²) >= 11 is 0. The van der Waals surface area contributed by atoms with Gasteiger partial charge in [0.2, 0.25) is 10.0 Å². The van der Waals surface area contributed by atoms with Gasteiger partial charge in [0.15, 0.2) is 0 Å². The second kappa shape index (κ2) is 4.97. The lowest BCUT2D eigenvalue weighted by Gasteiger charge is -2.17. The van der Waals surface area contributed by atoms with Gasteiger partial charge in [0, 0.05) is 25.6 Å². The molecule has 8 heteroatoms. The summed E-state index contributed by atoms with van der Waals surface area (Å²) in [5.74, 6) is -0.0891. The van der Waals surface area contributed by atoms with Gasteiger partial charge >= 0.3 is 6.18 Å². The van der Waals surface area contributed by atoms with Crippen LogP contribution in [-0.2, 0) is 10.0 Å². The minimum atomic E-state index is -4.28.